The van der Waals surface area contributed by atoms with Crippen LogP contribution in [-0.2, 0) is 4.74 Å². The van der Waals surface area contributed by atoms with Gasteiger partial charge in [-0.1, -0.05) is 5.92 Å². The minimum absolute atomic E-state index is 0.505. The van der Waals surface area contributed by atoms with Crippen molar-refractivity contribution in [2.45, 2.75) is 37.1 Å². The highest BCUT2D eigenvalue weighted by atomic mass is 19.1. The topological polar surface area (TPSA) is 125 Å². The van der Waals surface area contributed by atoms with Gasteiger partial charge in [0.2, 0.25) is 5.82 Å². The molecule has 2 rings (SSSR count). The van der Waals surface area contributed by atoms with Crippen LogP contribution in [0.15, 0.2) is 15.8 Å². The average molecular weight is 300 g/mol. The van der Waals surface area contributed by atoms with Gasteiger partial charge >= 0.3 is 5.69 Å². The molecule has 21 heavy (non-hydrogen) atoms. The highest BCUT2D eigenvalue weighted by Crippen LogP contribution is 2.38. The Morgan fingerprint density at radius 1 is 1.62 bits per heavy atom. The number of terminal acetylenes is 1. The van der Waals surface area contributed by atoms with Crippen molar-refractivity contribution in [2.75, 3.05) is 0 Å². The number of aliphatic hydroxyl groups excluding tert-OH is 2. The minimum atomic E-state index is -2.38. The number of nitrogens with one attached hydrogen (secondary N) is 1. The molecule has 1 saturated heterocycles. The monoisotopic (exact) mass is 300 g/mol. The zero-order chi connectivity index (χ0) is 15.9. The highest BCUT2D eigenvalue weighted by Gasteiger charge is 2.57. The molecule has 1 aliphatic rings. The molecule has 9 heteroatoms. The van der Waals surface area contributed by atoms with Crippen LogP contribution in [0.2, 0.25) is 0 Å². The van der Waals surface area contributed by atoms with Gasteiger partial charge < -0.3 is 20.1 Å². The van der Waals surface area contributed by atoms with Crippen molar-refractivity contribution in [1.82, 2.24) is 9.55 Å². The molecule has 5 atom stereocenters. The summed E-state index contributed by atoms with van der Waals surface area (Å²) in [7, 11) is 0. The first kappa shape index (κ1) is 15.4. The van der Waals surface area contributed by atoms with Gasteiger partial charge in [0.25, 0.3) is 5.56 Å². The number of halogens is 1. The molecule has 114 valence electrons. The first-order valence-corrected chi connectivity index (χ1v) is 5.95. The predicted octanol–water partition coefficient (Wildman–Crippen LogP) is -2.32. The molecule has 1 aromatic rings. The quantitative estimate of drug-likeness (QED) is 0.454. The molecular weight excluding hydrogens is 287 g/mol. The largest absolute Gasteiger partial charge is 0.391 e. The lowest BCUT2D eigenvalue weighted by Crippen LogP contribution is -2.49. The number of hydrogen-bond acceptors (Lipinski definition) is 6. The van der Waals surface area contributed by atoms with Crippen LogP contribution in [0.5, 0.6) is 0 Å². The molecule has 0 bridgehead atoms. The van der Waals surface area contributed by atoms with Crippen LogP contribution in [0.1, 0.15) is 13.2 Å². The van der Waals surface area contributed by atoms with Gasteiger partial charge in [-0.3, -0.25) is 14.3 Å². The number of aromatic nitrogens is 2. The van der Waals surface area contributed by atoms with E-state index in [0.29, 0.717) is 10.8 Å². The fourth-order valence-corrected chi connectivity index (χ4v) is 2.17. The molecule has 8 nitrogen and oxygen atoms in total. The summed E-state index contributed by atoms with van der Waals surface area (Å²) in [6, 6.07) is 0. The zero-order valence-electron chi connectivity index (χ0n) is 10.9. The van der Waals surface area contributed by atoms with Crippen LogP contribution in [-0.4, -0.2) is 48.8 Å². The SMILES string of the molecule is C#CC1(O)[C@@H](O)[C@@H]([C@H](C)O)O[C@H]1n1cc(F)c(=O)[nH]c1=O. The lowest BCUT2D eigenvalue weighted by atomic mass is 9.93. The van der Waals surface area contributed by atoms with Gasteiger partial charge in [-0.2, -0.15) is 4.39 Å². The van der Waals surface area contributed by atoms with Crippen LogP contribution in [0.25, 0.3) is 0 Å². The normalized spacial score (nSPS) is 33.6. The molecular formula is C12H13FN2O6. The summed E-state index contributed by atoms with van der Waals surface area (Å²) in [4.78, 5) is 24.4. The third-order valence-electron chi connectivity index (χ3n) is 3.31. The molecule has 1 unspecified atom stereocenters. The molecule has 1 aliphatic heterocycles. The highest BCUT2D eigenvalue weighted by molar-refractivity contribution is 5.20. The standard InChI is InChI=1S/C12H13FN2O6/c1-3-12(20)8(17)7(5(2)16)21-10(12)15-4-6(13)9(18)14-11(15)19/h1,4-5,7-8,10,16-17,20H,2H3,(H,14,18,19)/t5-,7+,8-,10+,12?/m0/s1. The van der Waals surface area contributed by atoms with E-state index in [4.69, 9.17) is 11.2 Å². The van der Waals surface area contributed by atoms with Crippen LogP contribution in [0, 0.1) is 18.2 Å². The van der Waals surface area contributed by atoms with Crippen molar-refractivity contribution in [3.05, 3.63) is 32.9 Å². The summed E-state index contributed by atoms with van der Waals surface area (Å²) in [6.07, 6.45) is -0.223. The number of ether oxygens (including phenoxy) is 1. The average Bonchev–Trinajstić information content (AvgIpc) is 2.68. The summed E-state index contributed by atoms with van der Waals surface area (Å²) >= 11 is 0. The lowest BCUT2D eigenvalue weighted by Gasteiger charge is -2.26. The van der Waals surface area contributed by atoms with Crippen molar-refractivity contribution in [1.29, 1.82) is 0 Å². The number of H-pyrrole nitrogens is 1. The fraction of sp³-hybridized carbons (Fsp3) is 0.500. The van der Waals surface area contributed by atoms with Crippen molar-refractivity contribution in [3.63, 3.8) is 0 Å². The summed E-state index contributed by atoms with van der Waals surface area (Å²) < 4.78 is 19.0. The maximum absolute atomic E-state index is 13.3. The number of hydrogen-bond donors (Lipinski definition) is 4. The second-order valence-corrected chi connectivity index (χ2v) is 4.75. The van der Waals surface area contributed by atoms with E-state index in [1.807, 2.05) is 5.92 Å². The molecule has 0 radical (unpaired) electrons. The van der Waals surface area contributed by atoms with Crippen LogP contribution >= 0.6 is 0 Å². The van der Waals surface area contributed by atoms with E-state index in [-0.39, 0.29) is 0 Å². The van der Waals surface area contributed by atoms with E-state index in [1.165, 1.54) is 6.92 Å². The second kappa shape index (κ2) is 5.09. The maximum atomic E-state index is 13.3. The van der Waals surface area contributed by atoms with E-state index >= 15 is 0 Å². The van der Waals surface area contributed by atoms with Crippen molar-refractivity contribution < 1.29 is 24.4 Å². The van der Waals surface area contributed by atoms with Gasteiger partial charge in [0.15, 0.2) is 11.8 Å². The number of aliphatic hydroxyl groups is 3. The molecule has 0 saturated carbocycles. The van der Waals surface area contributed by atoms with Gasteiger partial charge in [-0.25, -0.2) is 4.79 Å². The van der Waals surface area contributed by atoms with E-state index in [1.54, 1.807) is 4.98 Å². The summed E-state index contributed by atoms with van der Waals surface area (Å²) in [5.74, 6) is 0.581. The maximum Gasteiger partial charge on any atom is 0.330 e. The molecule has 2 heterocycles. The molecule has 0 amide bonds. The summed E-state index contributed by atoms with van der Waals surface area (Å²) in [5, 5.41) is 29.8. The molecule has 1 aromatic heterocycles. The first-order chi connectivity index (χ1) is 9.72. The van der Waals surface area contributed by atoms with Gasteiger partial charge in [0.05, 0.1) is 12.3 Å². The van der Waals surface area contributed by atoms with Crippen molar-refractivity contribution >= 4 is 0 Å². The Hall–Kier alpha value is -1.99. The van der Waals surface area contributed by atoms with E-state index in [2.05, 4.69) is 0 Å². The van der Waals surface area contributed by atoms with Gasteiger partial charge in [-0.15, -0.1) is 6.42 Å². The van der Waals surface area contributed by atoms with Gasteiger partial charge in [0.1, 0.15) is 12.2 Å². The zero-order valence-corrected chi connectivity index (χ0v) is 10.9. The molecule has 0 aliphatic carbocycles. The van der Waals surface area contributed by atoms with Crippen LogP contribution < -0.4 is 11.2 Å². The predicted molar refractivity (Wildman–Crippen MR) is 66.7 cm³/mol. The summed E-state index contributed by atoms with van der Waals surface area (Å²) in [6.45, 7) is 1.28. The van der Waals surface area contributed by atoms with Gasteiger partial charge in [-0.05, 0) is 6.92 Å². The Balaban J connectivity index is 2.58. The minimum Gasteiger partial charge on any atom is -0.391 e. The third-order valence-corrected chi connectivity index (χ3v) is 3.31. The Morgan fingerprint density at radius 3 is 2.76 bits per heavy atom. The van der Waals surface area contributed by atoms with Gasteiger partial charge in [0, 0.05) is 0 Å². The van der Waals surface area contributed by atoms with Crippen LogP contribution in [0.4, 0.5) is 4.39 Å². The number of rotatable bonds is 2. The van der Waals surface area contributed by atoms with E-state index < -0.39 is 47.2 Å². The fourth-order valence-electron chi connectivity index (χ4n) is 2.17. The molecule has 1 fully saturated rings. The smallest absolute Gasteiger partial charge is 0.330 e. The number of aromatic amines is 1. The number of nitrogens with zero attached hydrogens (tertiary/aromatic N) is 1. The lowest BCUT2D eigenvalue weighted by molar-refractivity contribution is -0.0887. The molecule has 0 aromatic carbocycles. The summed E-state index contributed by atoms with van der Waals surface area (Å²) in [5.41, 5.74) is -4.71. The first-order valence-electron chi connectivity index (χ1n) is 5.95. The second-order valence-electron chi connectivity index (χ2n) is 4.75. The van der Waals surface area contributed by atoms with Crippen molar-refractivity contribution in [3.8, 4) is 12.3 Å². The van der Waals surface area contributed by atoms with Crippen molar-refractivity contribution in [2.24, 2.45) is 0 Å². The molecule has 0 spiro atoms. The molecule has 4 N–H and O–H groups in total. The van der Waals surface area contributed by atoms with E-state index in [9.17, 15) is 29.3 Å². The Kier molecular flexibility index (Phi) is 3.73. The Bertz CT molecular complexity index is 705. The Labute approximate surface area is 117 Å². The van der Waals surface area contributed by atoms with E-state index in [0.717, 1.165) is 0 Å². The van der Waals surface area contributed by atoms with Crippen LogP contribution in [0.3, 0.4) is 0 Å². The Morgan fingerprint density at radius 2 is 2.24 bits per heavy atom. The third kappa shape index (κ3) is 2.28.